The zero-order valence-electron chi connectivity index (χ0n) is 14.5. The van der Waals surface area contributed by atoms with Gasteiger partial charge in [0.25, 0.3) is 0 Å². The molecule has 1 saturated carbocycles. The maximum Gasteiger partial charge on any atom is 0.436 e. The Balaban J connectivity index is 1.83. The topological polar surface area (TPSA) is 56.2 Å². The van der Waals surface area contributed by atoms with Crippen molar-refractivity contribution in [2.75, 3.05) is 5.32 Å². The van der Waals surface area contributed by atoms with Crippen molar-refractivity contribution in [3.05, 3.63) is 40.2 Å². The normalized spacial score (nSPS) is 14.4. The van der Waals surface area contributed by atoms with Crippen molar-refractivity contribution in [2.24, 2.45) is 0 Å². The largest absolute Gasteiger partial charge is 0.436 e. The third-order valence-electron chi connectivity index (χ3n) is 4.08. The lowest BCUT2D eigenvalue weighted by Gasteiger charge is -2.13. The Bertz CT molecular complexity index is 894. The number of alkyl halides is 5. The van der Waals surface area contributed by atoms with Gasteiger partial charge in [-0.3, -0.25) is 9.48 Å². The number of anilines is 1. The predicted molar refractivity (Wildman–Crippen MR) is 90.7 cm³/mol. The van der Waals surface area contributed by atoms with Gasteiger partial charge in [0.15, 0.2) is 5.69 Å². The molecule has 1 aromatic carbocycles. The van der Waals surface area contributed by atoms with Crippen LogP contribution in [0.5, 0.6) is 5.75 Å². The van der Waals surface area contributed by atoms with Gasteiger partial charge >= 0.3 is 12.8 Å². The highest BCUT2D eigenvalue weighted by atomic mass is 35.5. The van der Waals surface area contributed by atoms with Crippen molar-refractivity contribution in [1.82, 2.24) is 9.78 Å². The quantitative estimate of drug-likeness (QED) is 0.667. The SMILES string of the molecule is Cc1ccc(NC(=O)Cn2nc(C(F)(F)F)c(Cl)c2C2CC2)c(OC(F)F)c1. The van der Waals surface area contributed by atoms with Crippen molar-refractivity contribution in [1.29, 1.82) is 0 Å². The van der Waals surface area contributed by atoms with E-state index in [1.807, 2.05) is 0 Å². The van der Waals surface area contributed by atoms with Crippen LogP contribution in [0.2, 0.25) is 5.02 Å². The number of aryl methyl sites for hydroxylation is 1. The number of benzene rings is 1. The lowest BCUT2D eigenvalue weighted by atomic mass is 10.2. The maximum absolute atomic E-state index is 13.1. The van der Waals surface area contributed by atoms with Crippen LogP contribution in [0.3, 0.4) is 0 Å². The van der Waals surface area contributed by atoms with Crippen LogP contribution < -0.4 is 10.1 Å². The molecule has 0 unspecified atom stereocenters. The molecule has 1 N–H and O–H groups in total. The van der Waals surface area contributed by atoms with Crippen LogP contribution in [-0.4, -0.2) is 22.3 Å². The number of nitrogens with one attached hydrogen (secondary N) is 1. The van der Waals surface area contributed by atoms with Gasteiger partial charge in [0, 0.05) is 5.92 Å². The Hall–Kier alpha value is -2.36. The summed E-state index contributed by atoms with van der Waals surface area (Å²) in [6.07, 6.45) is -3.46. The highest BCUT2D eigenvalue weighted by Gasteiger charge is 2.42. The number of ether oxygens (including phenoxy) is 1. The first-order chi connectivity index (χ1) is 13.1. The zero-order chi connectivity index (χ0) is 20.6. The van der Waals surface area contributed by atoms with Crippen molar-refractivity contribution in [3.8, 4) is 5.75 Å². The molecule has 5 nitrogen and oxygen atoms in total. The van der Waals surface area contributed by atoms with Crippen molar-refractivity contribution >= 4 is 23.2 Å². The van der Waals surface area contributed by atoms with Gasteiger partial charge in [0.05, 0.1) is 16.4 Å². The second kappa shape index (κ2) is 7.57. The molecule has 28 heavy (non-hydrogen) atoms. The number of hydrogen-bond acceptors (Lipinski definition) is 3. The Morgan fingerprint density at radius 2 is 2.07 bits per heavy atom. The van der Waals surface area contributed by atoms with E-state index in [4.69, 9.17) is 11.6 Å². The molecule has 0 radical (unpaired) electrons. The molecule has 0 aliphatic heterocycles. The van der Waals surface area contributed by atoms with Crippen LogP contribution in [-0.2, 0) is 17.5 Å². The first kappa shape index (κ1) is 20.4. The van der Waals surface area contributed by atoms with E-state index < -0.39 is 36.0 Å². The minimum absolute atomic E-state index is 0.0295. The van der Waals surface area contributed by atoms with Crippen LogP contribution in [0.1, 0.15) is 35.7 Å². The highest BCUT2D eigenvalue weighted by molar-refractivity contribution is 6.32. The third kappa shape index (κ3) is 4.54. The third-order valence-corrected chi connectivity index (χ3v) is 4.46. The molecule has 1 amide bonds. The monoisotopic (exact) mass is 423 g/mol. The van der Waals surface area contributed by atoms with Gasteiger partial charge in [-0.25, -0.2) is 0 Å². The first-order valence-electron chi connectivity index (χ1n) is 8.25. The number of rotatable bonds is 6. The molecule has 0 spiro atoms. The van der Waals surface area contributed by atoms with Gasteiger partial charge in [-0.2, -0.15) is 27.1 Å². The number of aromatic nitrogens is 2. The fraction of sp³-hybridized carbons (Fsp3) is 0.412. The molecule has 1 aromatic heterocycles. The summed E-state index contributed by atoms with van der Waals surface area (Å²) in [5.41, 5.74) is -0.505. The van der Waals surface area contributed by atoms with E-state index in [1.54, 1.807) is 13.0 Å². The number of hydrogen-bond donors (Lipinski definition) is 1. The summed E-state index contributed by atoms with van der Waals surface area (Å²) in [4.78, 5) is 12.3. The number of amides is 1. The van der Waals surface area contributed by atoms with Gasteiger partial charge in [-0.1, -0.05) is 17.7 Å². The average Bonchev–Trinajstić information content (AvgIpc) is 3.33. The van der Waals surface area contributed by atoms with E-state index in [0.29, 0.717) is 18.4 Å². The van der Waals surface area contributed by atoms with Gasteiger partial charge < -0.3 is 10.1 Å². The highest BCUT2D eigenvalue weighted by Crippen LogP contribution is 2.46. The van der Waals surface area contributed by atoms with Crippen LogP contribution in [0.15, 0.2) is 18.2 Å². The summed E-state index contributed by atoms with van der Waals surface area (Å²) in [5, 5.41) is 5.31. The zero-order valence-corrected chi connectivity index (χ0v) is 15.2. The van der Waals surface area contributed by atoms with Gasteiger partial charge in [-0.05, 0) is 37.5 Å². The van der Waals surface area contributed by atoms with E-state index in [1.165, 1.54) is 12.1 Å². The number of nitrogens with zero attached hydrogens (tertiary/aromatic N) is 2. The summed E-state index contributed by atoms with van der Waals surface area (Å²) in [6, 6.07) is 4.24. The second-order valence-corrected chi connectivity index (χ2v) is 6.78. The minimum atomic E-state index is -4.75. The summed E-state index contributed by atoms with van der Waals surface area (Å²) in [6.45, 7) is -2.00. The molecule has 3 rings (SSSR count). The first-order valence-corrected chi connectivity index (χ1v) is 8.62. The Morgan fingerprint density at radius 1 is 1.39 bits per heavy atom. The van der Waals surface area contributed by atoms with Gasteiger partial charge in [0.2, 0.25) is 5.91 Å². The molecule has 0 bridgehead atoms. The minimum Gasteiger partial charge on any atom is -0.433 e. The van der Waals surface area contributed by atoms with Crippen molar-refractivity contribution in [3.63, 3.8) is 0 Å². The summed E-state index contributed by atoms with van der Waals surface area (Å²) in [5.74, 6) is -1.20. The summed E-state index contributed by atoms with van der Waals surface area (Å²) in [7, 11) is 0. The molecular weight excluding hydrogens is 409 g/mol. The Kier molecular flexibility index (Phi) is 5.51. The summed E-state index contributed by atoms with van der Waals surface area (Å²) >= 11 is 5.85. The van der Waals surface area contributed by atoms with E-state index in [-0.39, 0.29) is 23.0 Å². The molecule has 1 heterocycles. The van der Waals surface area contributed by atoms with Crippen LogP contribution in [0.4, 0.5) is 27.6 Å². The van der Waals surface area contributed by atoms with E-state index >= 15 is 0 Å². The standard InChI is InChI=1S/C17H15ClF5N3O2/c1-8-2-5-10(11(6-8)28-16(19)20)24-12(27)7-26-14(9-3-4-9)13(18)15(25-26)17(21,22)23/h2,5-6,9,16H,3-4,7H2,1H3,(H,24,27). The van der Waals surface area contributed by atoms with Crippen molar-refractivity contribution < 1.29 is 31.5 Å². The molecule has 1 fully saturated rings. The molecular formula is C17H15ClF5N3O2. The van der Waals surface area contributed by atoms with E-state index in [0.717, 1.165) is 4.68 Å². The lowest BCUT2D eigenvalue weighted by molar-refractivity contribution is -0.141. The number of carbonyl (C=O) groups excluding carboxylic acids is 1. The smallest absolute Gasteiger partial charge is 0.433 e. The number of halogens is 6. The molecule has 1 aliphatic carbocycles. The number of carbonyl (C=O) groups is 1. The van der Waals surface area contributed by atoms with E-state index in [2.05, 4.69) is 15.2 Å². The second-order valence-electron chi connectivity index (χ2n) is 6.40. The average molecular weight is 424 g/mol. The lowest BCUT2D eigenvalue weighted by Crippen LogP contribution is -2.22. The van der Waals surface area contributed by atoms with E-state index in [9.17, 15) is 26.7 Å². The fourth-order valence-electron chi connectivity index (χ4n) is 2.75. The molecule has 11 heteroatoms. The summed E-state index contributed by atoms with van der Waals surface area (Å²) < 4.78 is 69.6. The van der Waals surface area contributed by atoms with Gasteiger partial charge in [-0.15, -0.1) is 0 Å². The molecule has 152 valence electrons. The molecule has 1 aliphatic rings. The van der Waals surface area contributed by atoms with Gasteiger partial charge in [0.1, 0.15) is 12.3 Å². The van der Waals surface area contributed by atoms with Crippen LogP contribution in [0.25, 0.3) is 0 Å². The Morgan fingerprint density at radius 3 is 2.64 bits per heavy atom. The van der Waals surface area contributed by atoms with Crippen LogP contribution >= 0.6 is 11.6 Å². The van der Waals surface area contributed by atoms with Crippen LogP contribution in [0, 0.1) is 6.92 Å². The van der Waals surface area contributed by atoms with Crippen molar-refractivity contribution in [2.45, 2.75) is 45.0 Å². The Labute approximate surface area is 161 Å². The predicted octanol–water partition coefficient (Wildman–Crippen LogP) is 4.98. The molecule has 0 atom stereocenters. The molecule has 0 saturated heterocycles. The maximum atomic E-state index is 13.1. The fourth-order valence-corrected chi connectivity index (χ4v) is 3.15. The molecule has 2 aromatic rings.